The van der Waals surface area contributed by atoms with Crippen LogP contribution in [0.4, 0.5) is 0 Å². The summed E-state index contributed by atoms with van der Waals surface area (Å²) in [5.41, 5.74) is 0. The van der Waals surface area contributed by atoms with Gasteiger partial charge in [-0.1, -0.05) is 0 Å². The molecule has 0 aliphatic rings. The number of rotatable bonds is 0. The molecule has 40 valence electrons. The van der Waals surface area contributed by atoms with E-state index in [0.717, 1.165) is 0 Å². The Kier molecular flexibility index (Phi) is 1040. The van der Waals surface area contributed by atoms with Gasteiger partial charge in [0, 0.05) is 0 Å². The molecule has 0 spiro atoms. The summed E-state index contributed by atoms with van der Waals surface area (Å²) < 4.78 is 0. The average Bonchev–Trinajstić information content (AvgIpc) is 0. The van der Waals surface area contributed by atoms with Gasteiger partial charge in [0.2, 0.25) is 0 Å². The van der Waals surface area contributed by atoms with Crippen molar-refractivity contribution in [2.45, 2.75) is 0 Å². The second-order valence-corrected chi connectivity index (χ2v) is 0. The second-order valence-electron chi connectivity index (χ2n) is 0. The maximum atomic E-state index is 0. The van der Waals surface area contributed by atoms with Crippen molar-refractivity contribution in [3.8, 4) is 0 Å². The molecule has 0 amide bonds. The summed E-state index contributed by atoms with van der Waals surface area (Å²) in [5, 5.41) is 0. The molecule has 0 aromatic heterocycles. The van der Waals surface area contributed by atoms with E-state index in [2.05, 4.69) is 0 Å². The normalized spacial score (nSPS) is 0. The molecule has 8 heteroatoms. The topological polar surface area (TPSA) is 0 Å². The Morgan fingerprint density at radius 1 is 0.625 bits per heavy atom. The second kappa shape index (κ2) is 78.7. The first-order valence-corrected chi connectivity index (χ1v) is 0. The van der Waals surface area contributed by atoms with Crippen molar-refractivity contribution in [1.29, 1.82) is 0 Å². The molecule has 8 heavy (non-hydrogen) atoms. The molecule has 0 saturated heterocycles. The Bertz CT molecular complexity index is 17.2. The minimum absolute atomic E-state index is 0. The molecule has 0 aromatic rings. The third kappa shape index (κ3) is 56.9. The van der Waals surface area contributed by atoms with Crippen molar-refractivity contribution in [2.75, 3.05) is 0 Å². The summed E-state index contributed by atoms with van der Waals surface area (Å²) >= 11 is 0. The number of hydrogen-bond acceptors (Lipinski definition) is 0. The molecule has 0 nitrogen and oxygen atoms in total. The van der Waals surface area contributed by atoms with Crippen molar-refractivity contribution >= 4 is 78.9 Å². The molecule has 0 bridgehead atoms. The van der Waals surface area contributed by atoms with Crippen LogP contribution in [0.3, 0.4) is 0 Å². The van der Waals surface area contributed by atoms with Gasteiger partial charge in [-0.25, -0.2) is 0 Å². The summed E-state index contributed by atoms with van der Waals surface area (Å²) in [6, 6.07) is 0. The van der Waals surface area contributed by atoms with Crippen molar-refractivity contribution in [2.24, 2.45) is 0 Å². The van der Waals surface area contributed by atoms with Gasteiger partial charge in [0.05, 0.1) is 0 Å². The van der Waals surface area contributed by atoms with Gasteiger partial charge in [0.25, 0.3) is 0 Å². The summed E-state index contributed by atoms with van der Waals surface area (Å²) in [7, 11) is 0. The van der Waals surface area contributed by atoms with Gasteiger partial charge in [-0.3, -0.25) is 0 Å². The molecule has 0 fully saturated rings. The standard InChI is InChI=1S/Ge.2Li.H3P.3S.H4Si/h;;;1H3;;;;1H4/q+4;2*+1;;3*-2;. The van der Waals surface area contributed by atoms with Gasteiger partial charge in [0.1, 0.15) is 0 Å². The predicted molar refractivity (Wildman–Crippen MR) is 50.3 cm³/mol. The van der Waals surface area contributed by atoms with Crippen LogP contribution in [-0.4, -0.2) is 28.6 Å². The van der Waals surface area contributed by atoms with Crippen LogP contribution in [0, 0.1) is 0 Å². The van der Waals surface area contributed by atoms with Gasteiger partial charge in [0.15, 0.2) is 0 Å². The van der Waals surface area contributed by atoms with Crippen molar-refractivity contribution in [3.05, 3.63) is 0 Å². The fraction of sp³-hybridized carbons (Fsp3) is 0. The van der Waals surface area contributed by atoms with Crippen molar-refractivity contribution < 1.29 is 37.7 Å². The van der Waals surface area contributed by atoms with E-state index < -0.39 is 0 Å². The Hall–Kier alpha value is 3.43. The van der Waals surface area contributed by atoms with E-state index in [-0.39, 0.29) is 117 Å². The Morgan fingerprint density at radius 3 is 0.625 bits per heavy atom. The molecule has 0 aliphatic carbocycles. The Morgan fingerprint density at radius 2 is 0.625 bits per heavy atom. The molecule has 1 atom stereocenters. The van der Waals surface area contributed by atoms with E-state index in [1.54, 1.807) is 0 Å². The van der Waals surface area contributed by atoms with Crippen LogP contribution in [-0.2, 0) is 40.5 Å². The van der Waals surface area contributed by atoms with Gasteiger partial charge in [-0.05, 0) is 11.0 Å². The molecule has 0 aliphatic heterocycles. The summed E-state index contributed by atoms with van der Waals surface area (Å²) in [4.78, 5) is 0. The Labute approximate surface area is 115 Å². The van der Waals surface area contributed by atoms with Crippen LogP contribution >= 0.6 is 9.90 Å². The minimum Gasteiger partial charge on any atom is -2.00 e. The molecule has 0 rings (SSSR count). The van der Waals surface area contributed by atoms with Crippen molar-refractivity contribution in [1.82, 2.24) is 0 Å². The van der Waals surface area contributed by atoms with Crippen LogP contribution in [0.2, 0.25) is 0 Å². The first-order chi connectivity index (χ1) is 0. The van der Waals surface area contributed by atoms with Gasteiger partial charge in [-0.2, -0.15) is 9.90 Å². The third-order valence-electron chi connectivity index (χ3n) is 0. The fourth-order valence-electron chi connectivity index (χ4n) is 0. The number of hydrogen-bond donors (Lipinski definition) is 0. The first-order valence-electron chi connectivity index (χ1n) is 0. The van der Waals surface area contributed by atoms with Crippen LogP contribution in [0.25, 0.3) is 0 Å². The summed E-state index contributed by atoms with van der Waals surface area (Å²) in [6.45, 7) is 0. The van der Waals surface area contributed by atoms with E-state index in [1.165, 1.54) is 0 Å². The largest absolute Gasteiger partial charge is 4.00 e. The van der Waals surface area contributed by atoms with E-state index in [1.807, 2.05) is 0 Å². The van der Waals surface area contributed by atoms with Gasteiger partial charge >= 0.3 is 55.3 Å². The quantitative estimate of drug-likeness (QED) is 0.295. The molecule has 0 radical (unpaired) electrons. The minimum atomic E-state index is 0. The zero-order chi connectivity index (χ0) is 0. The fourth-order valence-corrected chi connectivity index (χ4v) is 0. The van der Waals surface area contributed by atoms with Crippen LogP contribution in [0.15, 0.2) is 0 Å². The molecular formula is H7GeLi2PS3Si. The van der Waals surface area contributed by atoms with Crippen molar-refractivity contribution in [3.63, 3.8) is 0 Å². The maximum absolute atomic E-state index is 0. The molecular weight excluding hydrogens is 242 g/mol. The van der Waals surface area contributed by atoms with E-state index in [9.17, 15) is 0 Å². The van der Waals surface area contributed by atoms with Crippen LogP contribution in [0.1, 0.15) is 0 Å². The molecule has 0 aromatic carbocycles. The van der Waals surface area contributed by atoms with Crippen LogP contribution < -0.4 is 37.7 Å². The van der Waals surface area contributed by atoms with Crippen LogP contribution in [0.5, 0.6) is 0 Å². The SMILES string of the molecule is P.[Ge+4].[Li+].[Li+].[S-2].[S-2].[S-2].[SiH4]. The first kappa shape index (κ1) is 106. The van der Waals surface area contributed by atoms with E-state index in [4.69, 9.17) is 0 Å². The Balaban J connectivity index is 0. The molecule has 1 unspecified atom stereocenters. The van der Waals surface area contributed by atoms with E-state index >= 15 is 0 Å². The van der Waals surface area contributed by atoms with Gasteiger partial charge in [-0.15, -0.1) is 0 Å². The molecule has 0 N–H and O–H groups in total. The predicted octanol–water partition coefficient (Wildman–Crippen LogP) is -7.77. The zero-order valence-electron chi connectivity index (χ0n) is 4.43. The zero-order valence-corrected chi connectivity index (χ0v) is 10.4. The molecule has 0 heterocycles. The summed E-state index contributed by atoms with van der Waals surface area (Å²) in [6.07, 6.45) is 0. The monoisotopic (exact) mass is 250 g/mol. The summed E-state index contributed by atoms with van der Waals surface area (Å²) in [5.74, 6) is 0. The smallest absolute Gasteiger partial charge is 2.00 e. The van der Waals surface area contributed by atoms with Gasteiger partial charge < -0.3 is 40.5 Å². The van der Waals surface area contributed by atoms with E-state index in [0.29, 0.717) is 0 Å². The molecule has 0 saturated carbocycles. The average molecular weight is 249 g/mol. The third-order valence-corrected chi connectivity index (χ3v) is 0. The maximum Gasteiger partial charge on any atom is 4.00 e.